The molecule has 1 amide bonds. The lowest BCUT2D eigenvalue weighted by Crippen LogP contribution is -2.37. The molecule has 0 aromatic carbocycles. The molecule has 118 valence electrons. The lowest BCUT2D eigenvalue weighted by molar-refractivity contribution is 0.0948. The molecule has 1 rings (SSSR count). The van der Waals surface area contributed by atoms with Gasteiger partial charge in [-0.25, -0.2) is 0 Å². The number of carbonyl (C=O) groups is 1. The topological polar surface area (TPSA) is 57.3 Å². The van der Waals surface area contributed by atoms with Gasteiger partial charge in [0.1, 0.15) is 0 Å². The predicted octanol–water partition coefficient (Wildman–Crippen LogP) is 2.36. The first kappa shape index (κ1) is 17.4. The standard InChI is InChI=1S/C16H28N4O/c1-5-8-18-15-7-9-17-12-14(15)16(21)19-10-11-20(4)13(3)6-2/h7,9,12-13H,5-6,8,10-11H2,1-4H3,(H,17,18)(H,19,21). The molecule has 1 atom stereocenters. The smallest absolute Gasteiger partial charge is 0.254 e. The van der Waals surface area contributed by atoms with Gasteiger partial charge in [-0.05, 0) is 32.9 Å². The van der Waals surface area contributed by atoms with E-state index in [4.69, 9.17) is 0 Å². The summed E-state index contributed by atoms with van der Waals surface area (Å²) in [6.07, 6.45) is 5.44. The summed E-state index contributed by atoms with van der Waals surface area (Å²) < 4.78 is 0. The molecular formula is C16H28N4O. The predicted molar refractivity (Wildman–Crippen MR) is 87.7 cm³/mol. The molecule has 5 heteroatoms. The minimum absolute atomic E-state index is 0.0701. The van der Waals surface area contributed by atoms with Gasteiger partial charge in [-0.2, -0.15) is 0 Å². The Morgan fingerprint density at radius 1 is 1.38 bits per heavy atom. The molecule has 2 N–H and O–H groups in total. The Hall–Kier alpha value is -1.62. The fourth-order valence-corrected chi connectivity index (χ4v) is 1.96. The largest absolute Gasteiger partial charge is 0.384 e. The van der Waals surface area contributed by atoms with E-state index in [2.05, 4.69) is 48.3 Å². The zero-order chi connectivity index (χ0) is 15.7. The van der Waals surface area contributed by atoms with Gasteiger partial charge in [0.25, 0.3) is 5.91 Å². The summed E-state index contributed by atoms with van der Waals surface area (Å²) in [7, 11) is 2.08. The zero-order valence-electron chi connectivity index (χ0n) is 13.6. The van der Waals surface area contributed by atoms with Crippen molar-refractivity contribution in [2.45, 2.75) is 39.7 Å². The van der Waals surface area contributed by atoms with E-state index in [1.54, 1.807) is 12.4 Å². The molecule has 0 radical (unpaired) electrons. The number of amides is 1. The highest BCUT2D eigenvalue weighted by molar-refractivity contribution is 5.99. The second kappa shape index (κ2) is 9.34. The van der Waals surface area contributed by atoms with Gasteiger partial charge in [0.2, 0.25) is 0 Å². The maximum atomic E-state index is 12.2. The van der Waals surface area contributed by atoms with Gasteiger partial charge in [0, 0.05) is 38.1 Å². The molecule has 0 fully saturated rings. The summed E-state index contributed by atoms with van der Waals surface area (Å²) in [4.78, 5) is 18.5. The number of likely N-dealkylation sites (N-methyl/N-ethyl adjacent to an activating group) is 1. The van der Waals surface area contributed by atoms with Crippen LogP contribution in [0.5, 0.6) is 0 Å². The molecule has 1 heterocycles. The number of rotatable bonds is 9. The van der Waals surface area contributed by atoms with Gasteiger partial charge < -0.3 is 15.5 Å². The normalized spacial score (nSPS) is 12.2. The second-order valence-electron chi connectivity index (χ2n) is 5.34. The first-order chi connectivity index (χ1) is 10.1. The molecule has 0 bridgehead atoms. The average molecular weight is 292 g/mol. The van der Waals surface area contributed by atoms with Crippen molar-refractivity contribution in [3.63, 3.8) is 0 Å². The molecule has 1 aromatic heterocycles. The van der Waals surface area contributed by atoms with Crippen LogP contribution in [-0.4, -0.2) is 48.5 Å². The molecule has 1 unspecified atom stereocenters. The number of pyridine rings is 1. The molecule has 1 aromatic rings. The number of aromatic nitrogens is 1. The van der Waals surface area contributed by atoms with E-state index in [9.17, 15) is 4.79 Å². The van der Waals surface area contributed by atoms with Gasteiger partial charge in [0.05, 0.1) is 11.3 Å². The van der Waals surface area contributed by atoms with Crippen LogP contribution in [0, 0.1) is 0 Å². The third-order valence-electron chi connectivity index (χ3n) is 3.72. The highest BCUT2D eigenvalue weighted by Crippen LogP contribution is 2.13. The van der Waals surface area contributed by atoms with Crippen molar-refractivity contribution in [1.29, 1.82) is 0 Å². The summed E-state index contributed by atoms with van der Waals surface area (Å²) in [5.41, 5.74) is 1.46. The number of nitrogens with zero attached hydrogens (tertiary/aromatic N) is 2. The van der Waals surface area contributed by atoms with Crippen molar-refractivity contribution in [2.24, 2.45) is 0 Å². The molecule has 0 spiro atoms. The lowest BCUT2D eigenvalue weighted by atomic mass is 10.2. The number of nitrogens with one attached hydrogen (secondary N) is 2. The molecule has 21 heavy (non-hydrogen) atoms. The second-order valence-corrected chi connectivity index (χ2v) is 5.34. The summed E-state index contributed by atoms with van der Waals surface area (Å²) in [5, 5.41) is 6.22. The van der Waals surface area contributed by atoms with Gasteiger partial charge in [-0.3, -0.25) is 9.78 Å². The van der Waals surface area contributed by atoms with Crippen LogP contribution < -0.4 is 10.6 Å². The van der Waals surface area contributed by atoms with E-state index in [-0.39, 0.29) is 5.91 Å². The van der Waals surface area contributed by atoms with Crippen LogP contribution in [-0.2, 0) is 0 Å². The van der Waals surface area contributed by atoms with Gasteiger partial charge in [0.15, 0.2) is 0 Å². The molecule has 0 aliphatic heterocycles. The molecule has 0 saturated heterocycles. The van der Waals surface area contributed by atoms with E-state index < -0.39 is 0 Å². The number of anilines is 1. The van der Waals surface area contributed by atoms with Crippen LogP contribution in [0.25, 0.3) is 0 Å². The van der Waals surface area contributed by atoms with Crippen molar-refractivity contribution in [3.05, 3.63) is 24.0 Å². The quantitative estimate of drug-likeness (QED) is 0.733. The van der Waals surface area contributed by atoms with Gasteiger partial charge >= 0.3 is 0 Å². The summed E-state index contributed by atoms with van der Waals surface area (Å²) in [6, 6.07) is 2.37. The lowest BCUT2D eigenvalue weighted by Gasteiger charge is -2.23. The molecule has 5 nitrogen and oxygen atoms in total. The maximum absolute atomic E-state index is 12.2. The minimum Gasteiger partial charge on any atom is -0.384 e. The minimum atomic E-state index is -0.0701. The number of carbonyl (C=O) groups excluding carboxylic acids is 1. The fraction of sp³-hybridized carbons (Fsp3) is 0.625. The Balaban J connectivity index is 2.52. The summed E-state index contributed by atoms with van der Waals surface area (Å²) in [6.45, 7) is 8.79. The number of hydrogen-bond acceptors (Lipinski definition) is 4. The molecule has 0 aliphatic rings. The maximum Gasteiger partial charge on any atom is 0.254 e. The zero-order valence-corrected chi connectivity index (χ0v) is 13.6. The van der Waals surface area contributed by atoms with Crippen LogP contribution >= 0.6 is 0 Å². The Morgan fingerprint density at radius 3 is 2.81 bits per heavy atom. The van der Waals surface area contributed by atoms with Gasteiger partial charge in [-0.1, -0.05) is 13.8 Å². The Kier molecular flexibility index (Phi) is 7.75. The van der Waals surface area contributed by atoms with E-state index in [0.717, 1.165) is 31.6 Å². The third kappa shape index (κ3) is 5.71. The van der Waals surface area contributed by atoms with E-state index >= 15 is 0 Å². The Morgan fingerprint density at radius 2 is 2.14 bits per heavy atom. The van der Waals surface area contributed by atoms with Crippen LogP contribution in [0.2, 0.25) is 0 Å². The van der Waals surface area contributed by atoms with Crippen LogP contribution in [0.1, 0.15) is 44.0 Å². The van der Waals surface area contributed by atoms with Crippen molar-refractivity contribution < 1.29 is 4.79 Å². The van der Waals surface area contributed by atoms with Crippen LogP contribution in [0.15, 0.2) is 18.5 Å². The average Bonchev–Trinajstić information content (AvgIpc) is 2.52. The van der Waals surface area contributed by atoms with Crippen molar-refractivity contribution in [2.75, 3.05) is 32.0 Å². The molecular weight excluding hydrogens is 264 g/mol. The Bertz CT molecular complexity index is 436. The summed E-state index contributed by atoms with van der Waals surface area (Å²) >= 11 is 0. The van der Waals surface area contributed by atoms with Crippen LogP contribution in [0.4, 0.5) is 5.69 Å². The first-order valence-corrected chi connectivity index (χ1v) is 7.76. The monoisotopic (exact) mass is 292 g/mol. The van der Waals surface area contributed by atoms with E-state index in [0.29, 0.717) is 18.2 Å². The molecule has 0 saturated carbocycles. The number of hydrogen-bond donors (Lipinski definition) is 2. The third-order valence-corrected chi connectivity index (χ3v) is 3.72. The first-order valence-electron chi connectivity index (χ1n) is 7.76. The van der Waals surface area contributed by atoms with Crippen molar-refractivity contribution >= 4 is 11.6 Å². The van der Waals surface area contributed by atoms with Crippen molar-refractivity contribution in [1.82, 2.24) is 15.2 Å². The highest BCUT2D eigenvalue weighted by atomic mass is 16.1. The Labute approximate surface area is 128 Å². The SMILES string of the molecule is CCCNc1ccncc1C(=O)NCCN(C)C(C)CC. The van der Waals surface area contributed by atoms with Crippen LogP contribution in [0.3, 0.4) is 0 Å². The van der Waals surface area contributed by atoms with E-state index in [1.165, 1.54) is 0 Å². The van der Waals surface area contributed by atoms with Crippen molar-refractivity contribution in [3.8, 4) is 0 Å². The highest BCUT2D eigenvalue weighted by Gasteiger charge is 2.12. The fourth-order valence-electron chi connectivity index (χ4n) is 1.96. The van der Waals surface area contributed by atoms with E-state index in [1.807, 2.05) is 6.07 Å². The van der Waals surface area contributed by atoms with Gasteiger partial charge in [-0.15, -0.1) is 0 Å². The summed E-state index contributed by atoms with van der Waals surface area (Å²) in [5.74, 6) is -0.0701. The molecule has 0 aliphatic carbocycles.